The molecule has 0 bridgehead atoms. The van der Waals surface area contributed by atoms with Gasteiger partial charge in [0.1, 0.15) is 38.4 Å². The Morgan fingerprint density at radius 2 is 0.931 bits per heavy atom. The monoisotopic (exact) mass is 1060 g/mol. The highest BCUT2D eigenvalue weighted by atomic mass is 32.2. The highest BCUT2D eigenvalue weighted by Crippen LogP contribution is 2.48. The average Bonchev–Trinajstić information content (AvgIpc) is 3.30. The van der Waals surface area contributed by atoms with Crippen LogP contribution in [0.15, 0.2) is 182 Å². The predicted octanol–water partition coefficient (Wildman–Crippen LogP) is 10.8. The Morgan fingerprint density at radius 3 is 1.51 bits per heavy atom. The summed E-state index contributed by atoms with van der Waals surface area (Å²) in [6, 6.07) is 22.4. The molecule has 0 amide bonds. The third-order valence-electron chi connectivity index (χ3n) is 10.3. The van der Waals surface area contributed by atoms with Crippen molar-refractivity contribution in [1.82, 2.24) is 0 Å². The first-order chi connectivity index (χ1) is 33.8. The van der Waals surface area contributed by atoms with Gasteiger partial charge >= 0.3 is 0 Å². The standard InChI is InChI=1S/C42H27N9O17S4/c52-36-20-37(53)34(19-33(36)47-43-22-5-7-23(8-6-22)51(55)56)48-49-35-18-25(70(60,61)62)15-21-16-39(72(66,67)68)41(42(54)40(21)35)50-46-30-11-12-32(29-17-24(69(57,58)59)9-10-27(29)30)45-44-31-13-14-38(71(63,64)65)28-4-2-1-3-26(28)31/h1-20,52-54H,(H,57,58,59)(H,60,61,62)(H,63,64,65)(H,66,67,68). The number of hydrogen-bond donors (Lipinski definition) is 7. The molecule has 0 saturated carbocycles. The number of nitro benzene ring substituents is 1. The average molecular weight is 1060 g/mol. The Hall–Kier alpha value is -8.62. The first-order valence-corrected chi connectivity index (χ1v) is 25.3. The summed E-state index contributed by atoms with van der Waals surface area (Å²) < 4.78 is 139. The van der Waals surface area contributed by atoms with E-state index in [-0.39, 0.29) is 55.7 Å². The molecule has 0 unspecified atom stereocenters. The van der Waals surface area contributed by atoms with Gasteiger partial charge in [-0.1, -0.05) is 30.3 Å². The molecule has 8 aromatic rings. The second-order valence-electron chi connectivity index (χ2n) is 14.9. The van der Waals surface area contributed by atoms with Crippen LogP contribution < -0.4 is 0 Å². The quantitative estimate of drug-likeness (QED) is 0.0244. The molecule has 0 heterocycles. The third kappa shape index (κ3) is 10.3. The summed E-state index contributed by atoms with van der Waals surface area (Å²) in [6.45, 7) is 0. The number of nitro groups is 1. The van der Waals surface area contributed by atoms with E-state index < -0.39 is 110 Å². The number of phenols is 3. The summed E-state index contributed by atoms with van der Waals surface area (Å²) in [5.74, 6) is -2.51. The van der Waals surface area contributed by atoms with Crippen molar-refractivity contribution < 1.29 is 72.1 Å². The zero-order chi connectivity index (χ0) is 52.1. The Labute approximate surface area is 403 Å². The normalized spacial score (nSPS) is 12.9. The molecule has 30 heteroatoms. The van der Waals surface area contributed by atoms with E-state index in [1.807, 2.05) is 0 Å². The Morgan fingerprint density at radius 1 is 0.417 bits per heavy atom. The number of rotatable bonds is 13. The minimum absolute atomic E-state index is 0.00972. The number of non-ortho nitro benzene ring substituents is 1. The Kier molecular flexibility index (Phi) is 12.9. The molecule has 0 spiro atoms. The van der Waals surface area contributed by atoms with Crippen LogP contribution in [0.1, 0.15) is 0 Å². The number of azo groups is 4. The number of hydrogen-bond acceptors (Lipinski definition) is 21. The first kappa shape index (κ1) is 49.8. The van der Waals surface area contributed by atoms with Gasteiger partial charge < -0.3 is 15.3 Å². The molecule has 72 heavy (non-hydrogen) atoms. The summed E-state index contributed by atoms with van der Waals surface area (Å²) in [5.41, 5.74) is -2.75. The molecule has 0 saturated heterocycles. The lowest BCUT2D eigenvalue weighted by Gasteiger charge is -2.12. The van der Waals surface area contributed by atoms with E-state index in [2.05, 4.69) is 40.9 Å². The van der Waals surface area contributed by atoms with Gasteiger partial charge in [0.25, 0.3) is 46.2 Å². The second-order valence-corrected chi connectivity index (χ2v) is 20.5. The van der Waals surface area contributed by atoms with Crippen LogP contribution in [0.25, 0.3) is 32.3 Å². The van der Waals surface area contributed by atoms with Gasteiger partial charge in [0.15, 0.2) is 5.75 Å². The van der Waals surface area contributed by atoms with E-state index in [1.54, 1.807) is 6.07 Å². The topological polar surface area (TPSA) is 420 Å². The van der Waals surface area contributed by atoms with Gasteiger partial charge in [-0.3, -0.25) is 28.3 Å². The smallest absolute Gasteiger partial charge is 0.296 e. The van der Waals surface area contributed by atoms with Gasteiger partial charge in [-0.2, -0.15) is 38.8 Å². The molecule has 366 valence electrons. The molecule has 26 nitrogen and oxygen atoms in total. The maximum Gasteiger partial charge on any atom is 0.296 e. The molecule has 0 aliphatic heterocycles. The summed E-state index contributed by atoms with van der Waals surface area (Å²) in [6.07, 6.45) is 0. The molecule has 0 aliphatic carbocycles. The molecule has 0 radical (unpaired) electrons. The lowest BCUT2D eigenvalue weighted by Crippen LogP contribution is -2.01. The van der Waals surface area contributed by atoms with Gasteiger partial charge in [-0.25, -0.2) is 0 Å². The lowest BCUT2D eigenvalue weighted by atomic mass is 10.1. The SMILES string of the molecule is O=[N+]([O-])c1ccc(N=Nc2cc(N=Nc3cc(S(=O)(=O)O)cc4cc(S(=O)(=O)O)c(N=Nc5ccc(N=Nc6ccc(S(=O)(=O)O)c7ccccc67)c6cc(S(=O)(=O)O)ccc56)c(O)c34)c(O)cc2O)cc1. The maximum absolute atomic E-state index is 12.8. The number of fused-ring (bicyclic) bond motifs is 3. The number of nitrogens with zero attached hydrogens (tertiary/aromatic N) is 9. The predicted molar refractivity (Wildman–Crippen MR) is 252 cm³/mol. The summed E-state index contributed by atoms with van der Waals surface area (Å²) in [5, 5.41) is 74.9. The zero-order valence-electron chi connectivity index (χ0n) is 35.4. The summed E-state index contributed by atoms with van der Waals surface area (Å²) in [4.78, 5) is 7.22. The summed E-state index contributed by atoms with van der Waals surface area (Å²) in [7, 11) is -20.1. The van der Waals surface area contributed by atoms with Gasteiger partial charge in [0.05, 0.1) is 48.5 Å². The third-order valence-corrected chi connectivity index (χ3v) is 13.7. The van der Waals surface area contributed by atoms with Crippen molar-refractivity contribution in [2.24, 2.45) is 40.9 Å². The second kappa shape index (κ2) is 18.6. The molecule has 0 aliphatic rings. The van der Waals surface area contributed by atoms with Crippen LogP contribution in [0, 0.1) is 10.1 Å². The van der Waals surface area contributed by atoms with Crippen LogP contribution in [0.5, 0.6) is 17.2 Å². The van der Waals surface area contributed by atoms with Crippen LogP contribution >= 0.6 is 0 Å². The van der Waals surface area contributed by atoms with Crippen LogP contribution in [-0.2, 0) is 40.5 Å². The summed E-state index contributed by atoms with van der Waals surface area (Å²) >= 11 is 0. The zero-order valence-corrected chi connectivity index (χ0v) is 38.7. The van der Waals surface area contributed by atoms with Gasteiger partial charge in [0, 0.05) is 45.8 Å². The highest BCUT2D eigenvalue weighted by molar-refractivity contribution is 7.86. The van der Waals surface area contributed by atoms with E-state index in [1.165, 1.54) is 48.5 Å². The molecule has 0 atom stereocenters. The number of phenolic OH excluding ortho intramolecular Hbond substituents is 3. The van der Waals surface area contributed by atoms with Crippen LogP contribution in [0.2, 0.25) is 0 Å². The van der Waals surface area contributed by atoms with Crippen molar-refractivity contribution in [3.63, 3.8) is 0 Å². The van der Waals surface area contributed by atoms with Gasteiger partial charge in [0.2, 0.25) is 0 Å². The minimum Gasteiger partial charge on any atom is -0.505 e. The maximum atomic E-state index is 12.8. The number of aromatic hydroxyl groups is 3. The molecule has 8 aromatic carbocycles. The Bertz CT molecular complexity index is 4230. The van der Waals surface area contributed by atoms with Crippen molar-refractivity contribution in [2.75, 3.05) is 0 Å². The molecule has 7 N–H and O–H groups in total. The van der Waals surface area contributed by atoms with E-state index >= 15 is 0 Å². The van der Waals surface area contributed by atoms with Crippen molar-refractivity contribution >= 4 is 124 Å². The first-order valence-electron chi connectivity index (χ1n) is 19.6. The lowest BCUT2D eigenvalue weighted by molar-refractivity contribution is -0.384. The van der Waals surface area contributed by atoms with Crippen LogP contribution in [-0.4, -0.2) is 72.1 Å². The largest absolute Gasteiger partial charge is 0.505 e. The van der Waals surface area contributed by atoms with Crippen molar-refractivity contribution in [3.05, 3.63) is 131 Å². The minimum atomic E-state index is -5.40. The molecule has 0 aromatic heterocycles. The molecular formula is C42H27N9O17S4. The fourth-order valence-corrected chi connectivity index (χ4v) is 9.34. The fraction of sp³-hybridized carbons (Fsp3) is 0. The molecule has 8 rings (SSSR count). The van der Waals surface area contributed by atoms with Crippen LogP contribution in [0.4, 0.5) is 51.2 Å². The number of benzene rings is 8. The Balaban J connectivity index is 1.25. The van der Waals surface area contributed by atoms with Crippen molar-refractivity contribution in [3.8, 4) is 17.2 Å². The van der Waals surface area contributed by atoms with E-state index in [4.69, 9.17) is 0 Å². The van der Waals surface area contributed by atoms with E-state index in [9.17, 15) is 77.3 Å². The highest BCUT2D eigenvalue weighted by Gasteiger charge is 2.26. The van der Waals surface area contributed by atoms with E-state index in [0.717, 1.165) is 48.5 Å². The van der Waals surface area contributed by atoms with Gasteiger partial charge in [-0.15, -0.1) is 35.8 Å². The molecular weight excluding hydrogens is 1030 g/mol. The van der Waals surface area contributed by atoms with Gasteiger partial charge in [-0.05, 0) is 72.1 Å². The molecule has 0 fully saturated rings. The van der Waals surface area contributed by atoms with E-state index in [0.29, 0.717) is 18.2 Å². The van der Waals surface area contributed by atoms with Crippen molar-refractivity contribution in [1.29, 1.82) is 0 Å². The fourth-order valence-electron chi connectivity index (χ4n) is 6.95. The van der Waals surface area contributed by atoms with Crippen LogP contribution in [0.3, 0.4) is 0 Å². The van der Waals surface area contributed by atoms with Crippen molar-refractivity contribution in [2.45, 2.75) is 19.6 Å².